The van der Waals surface area contributed by atoms with Crippen LogP contribution in [-0.2, 0) is 30.7 Å². The fourth-order valence-corrected chi connectivity index (χ4v) is 3.07. The molecule has 0 saturated carbocycles. The molecular formula is C15H20NNaO9S. The van der Waals surface area contributed by atoms with Gasteiger partial charge in [0.25, 0.3) is 0 Å². The number of nitrogens with zero attached hydrogens (tertiary/aromatic N) is 1. The molecule has 0 radical (unpaired) electrons. The van der Waals surface area contributed by atoms with Crippen LogP contribution in [0.3, 0.4) is 0 Å². The summed E-state index contributed by atoms with van der Waals surface area (Å²) >= 11 is 0. The van der Waals surface area contributed by atoms with Crippen LogP contribution < -0.4 is 34.7 Å². The summed E-state index contributed by atoms with van der Waals surface area (Å²) in [6.45, 7) is 0.469. The van der Waals surface area contributed by atoms with Crippen molar-refractivity contribution in [2.24, 2.45) is 4.99 Å². The van der Waals surface area contributed by atoms with Gasteiger partial charge >= 0.3 is 40.0 Å². The SMILES string of the molecule is CC([O-])=N[C@H]1[C@H](OCc2ccccc2)O[C@H](CO)[C@H](OS(=O)(=O)O)[C@@H]1O.[Na+]. The van der Waals surface area contributed by atoms with Gasteiger partial charge in [0, 0.05) is 0 Å². The molecular weight excluding hydrogens is 393 g/mol. The minimum atomic E-state index is -4.94. The molecule has 2 rings (SSSR count). The molecule has 1 aliphatic rings. The summed E-state index contributed by atoms with van der Waals surface area (Å²) in [5, 5.41) is 31.2. The summed E-state index contributed by atoms with van der Waals surface area (Å²) in [7, 11) is -4.94. The number of rotatable bonds is 7. The summed E-state index contributed by atoms with van der Waals surface area (Å²) in [6, 6.07) is 7.65. The second-order valence-corrected chi connectivity index (χ2v) is 6.69. The molecule has 1 heterocycles. The van der Waals surface area contributed by atoms with E-state index in [0.717, 1.165) is 12.5 Å². The third-order valence-corrected chi connectivity index (χ3v) is 4.11. The Morgan fingerprint density at radius 2 is 1.96 bits per heavy atom. The van der Waals surface area contributed by atoms with Crippen LogP contribution in [0.5, 0.6) is 0 Å². The summed E-state index contributed by atoms with van der Waals surface area (Å²) in [5.74, 6) is -0.654. The monoisotopic (exact) mass is 413 g/mol. The predicted molar refractivity (Wildman–Crippen MR) is 86.3 cm³/mol. The molecule has 0 amide bonds. The largest absolute Gasteiger partial charge is 1.00 e. The molecule has 0 aliphatic carbocycles. The van der Waals surface area contributed by atoms with E-state index in [1.807, 2.05) is 6.07 Å². The van der Waals surface area contributed by atoms with Crippen LogP contribution in [0.25, 0.3) is 0 Å². The molecule has 1 saturated heterocycles. The Hall–Kier alpha value is -0.600. The van der Waals surface area contributed by atoms with Crippen molar-refractivity contribution in [3.8, 4) is 0 Å². The Balaban J connectivity index is 0.00000364. The topological polar surface area (TPSA) is 158 Å². The fourth-order valence-electron chi connectivity index (χ4n) is 2.55. The van der Waals surface area contributed by atoms with E-state index >= 15 is 0 Å². The zero-order chi connectivity index (χ0) is 19.3. The molecule has 1 aromatic carbocycles. The van der Waals surface area contributed by atoms with E-state index in [9.17, 15) is 23.7 Å². The molecule has 1 aliphatic heterocycles. The van der Waals surface area contributed by atoms with Crippen LogP contribution in [0.2, 0.25) is 0 Å². The van der Waals surface area contributed by atoms with Gasteiger partial charge in [-0.25, -0.2) is 4.18 Å². The number of aliphatic hydroxyl groups is 2. The van der Waals surface area contributed by atoms with Gasteiger partial charge in [0.1, 0.15) is 24.4 Å². The van der Waals surface area contributed by atoms with Crippen LogP contribution in [0.4, 0.5) is 0 Å². The zero-order valence-electron chi connectivity index (χ0n) is 14.8. The maximum atomic E-state index is 11.4. The van der Waals surface area contributed by atoms with E-state index in [1.165, 1.54) is 0 Å². The summed E-state index contributed by atoms with van der Waals surface area (Å²) in [4.78, 5) is 3.68. The molecule has 1 fully saturated rings. The van der Waals surface area contributed by atoms with Gasteiger partial charge in [-0.3, -0.25) is 9.55 Å². The average molecular weight is 413 g/mol. The van der Waals surface area contributed by atoms with Crippen molar-refractivity contribution in [3.05, 3.63) is 35.9 Å². The quantitative estimate of drug-likeness (QED) is 0.174. The number of benzene rings is 1. The Bertz CT molecular complexity index is 711. The van der Waals surface area contributed by atoms with Crippen LogP contribution in [0.1, 0.15) is 12.5 Å². The smallest absolute Gasteiger partial charge is 0.862 e. The molecule has 0 bridgehead atoms. The van der Waals surface area contributed by atoms with E-state index in [0.29, 0.717) is 0 Å². The van der Waals surface area contributed by atoms with Crippen LogP contribution >= 0.6 is 0 Å². The van der Waals surface area contributed by atoms with Gasteiger partial charge in [-0.05, 0) is 18.4 Å². The second-order valence-electron chi connectivity index (χ2n) is 5.64. The number of hydrogen-bond acceptors (Lipinski definition) is 9. The minimum Gasteiger partial charge on any atom is -0.862 e. The first-order valence-electron chi connectivity index (χ1n) is 7.68. The zero-order valence-corrected chi connectivity index (χ0v) is 17.7. The predicted octanol–water partition coefficient (Wildman–Crippen LogP) is -4.38. The van der Waals surface area contributed by atoms with Crippen molar-refractivity contribution in [1.29, 1.82) is 0 Å². The van der Waals surface area contributed by atoms with E-state index < -0.39 is 53.5 Å². The van der Waals surface area contributed by atoms with Crippen LogP contribution in [-0.4, -0.2) is 66.3 Å². The molecule has 10 nitrogen and oxygen atoms in total. The van der Waals surface area contributed by atoms with Crippen molar-refractivity contribution in [2.45, 2.75) is 44.2 Å². The number of aliphatic imine (C=N–C) groups is 1. The molecule has 0 unspecified atom stereocenters. The fraction of sp³-hybridized carbons (Fsp3) is 0.533. The van der Waals surface area contributed by atoms with Gasteiger partial charge in [-0.2, -0.15) is 8.42 Å². The van der Waals surface area contributed by atoms with Gasteiger partial charge in [0.2, 0.25) is 0 Å². The third kappa shape index (κ3) is 7.38. The minimum absolute atomic E-state index is 0. The third-order valence-electron chi connectivity index (χ3n) is 3.64. The van der Waals surface area contributed by atoms with Crippen molar-refractivity contribution < 1.29 is 71.5 Å². The Morgan fingerprint density at radius 1 is 1.33 bits per heavy atom. The first-order chi connectivity index (χ1) is 12.2. The summed E-state index contributed by atoms with van der Waals surface area (Å²) in [5.41, 5.74) is 0.782. The van der Waals surface area contributed by atoms with Crippen molar-refractivity contribution in [2.75, 3.05) is 6.61 Å². The normalized spacial score (nSPS) is 29.2. The maximum absolute atomic E-state index is 11.4. The van der Waals surface area contributed by atoms with Gasteiger partial charge < -0.3 is 24.8 Å². The van der Waals surface area contributed by atoms with Gasteiger partial charge in [0.15, 0.2) is 6.29 Å². The van der Waals surface area contributed by atoms with Gasteiger partial charge in [-0.15, -0.1) is 0 Å². The molecule has 0 spiro atoms. The number of hydrogen-bond donors (Lipinski definition) is 3. The molecule has 0 aromatic heterocycles. The Morgan fingerprint density at radius 3 is 2.48 bits per heavy atom. The second kappa shape index (κ2) is 10.8. The van der Waals surface area contributed by atoms with E-state index in [-0.39, 0.29) is 36.2 Å². The Labute approximate surface area is 179 Å². The molecule has 12 heteroatoms. The average Bonchev–Trinajstić information content (AvgIpc) is 2.57. The maximum Gasteiger partial charge on any atom is 1.00 e. The van der Waals surface area contributed by atoms with E-state index in [2.05, 4.69) is 9.18 Å². The van der Waals surface area contributed by atoms with E-state index in [4.69, 9.17) is 14.0 Å². The molecule has 5 atom stereocenters. The van der Waals surface area contributed by atoms with Gasteiger partial charge in [-0.1, -0.05) is 30.3 Å². The van der Waals surface area contributed by atoms with Crippen LogP contribution in [0.15, 0.2) is 35.3 Å². The standard InChI is InChI=1S/C15H21NO9S.Na/c1-9(18)16-12-13(19)14(25-26(20,21)22)11(7-17)24-15(12)23-8-10-5-3-2-4-6-10;/h2-6,11-15,17,19H,7-8H2,1H3,(H,16,18)(H,20,21,22);/q;+1/p-1/t11-,12-,13-,14+,15-;/m1./s1. The first-order valence-corrected chi connectivity index (χ1v) is 9.05. The number of aliphatic hydroxyl groups excluding tert-OH is 2. The summed E-state index contributed by atoms with van der Waals surface area (Å²) < 4.78 is 46.2. The van der Waals surface area contributed by atoms with Crippen molar-refractivity contribution >= 4 is 16.3 Å². The molecule has 146 valence electrons. The van der Waals surface area contributed by atoms with Crippen LogP contribution in [0, 0.1) is 0 Å². The molecule has 27 heavy (non-hydrogen) atoms. The molecule has 1 aromatic rings. The first kappa shape index (κ1) is 24.4. The summed E-state index contributed by atoms with van der Waals surface area (Å²) in [6.07, 6.45) is -5.93. The van der Waals surface area contributed by atoms with Crippen molar-refractivity contribution in [3.63, 3.8) is 0 Å². The van der Waals surface area contributed by atoms with E-state index in [1.54, 1.807) is 24.3 Å². The number of ether oxygens (including phenoxy) is 2. The Kier molecular flexibility index (Phi) is 9.79. The molecule has 3 N–H and O–H groups in total. The van der Waals surface area contributed by atoms with Crippen molar-refractivity contribution in [1.82, 2.24) is 0 Å². The van der Waals surface area contributed by atoms with Gasteiger partial charge in [0.05, 0.1) is 13.2 Å².